The number of nitriles is 1. The number of ether oxygens (including phenoxy) is 1. The van der Waals surface area contributed by atoms with Gasteiger partial charge in [-0.3, -0.25) is 0 Å². The number of aliphatic hydroxyl groups excluding tert-OH is 1. The maximum atomic E-state index is 10.0. The molecule has 1 fully saturated rings. The molecule has 22 heavy (non-hydrogen) atoms. The summed E-state index contributed by atoms with van der Waals surface area (Å²) in [4.78, 5) is 2.31. The maximum Gasteiger partial charge on any atom is 0.181 e. The van der Waals surface area contributed by atoms with E-state index in [1.807, 2.05) is 30.3 Å². The third-order valence-electron chi connectivity index (χ3n) is 3.79. The van der Waals surface area contributed by atoms with Crippen molar-refractivity contribution in [2.24, 2.45) is 0 Å². The minimum absolute atomic E-state index is 0.322. The molecule has 0 saturated carbocycles. The zero-order chi connectivity index (χ0) is 15.8. The van der Waals surface area contributed by atoms with Gasteiger partial charge in [0.15, 0.2) is 6.10 Å². The first-order valence-electron chi connectivity index (χ1n) is 7.93. The van der Waals surface area contributed by atoms with Crippen LogP contribution in [-0.2, 0) is 6.54 Å². The standard InChI is InChI=1S/C17H25N3O2/c1-14(10-18)22-17-6-4-15(5-7-17)11-19-12-16(21)13-20-8-2-3-9-20/h4-7,14,16,19,21H,2-3,8-9,11-13H2,1H3. The Morgan fingerprint density at radius 3 is 2.64 bits per heavy atom. The molecule has 1 heterocycles. The Hall–Kier alpha value is -1.61. The van der Waals surface area contributed by atoms with Gasteiger partial charge in [-0.25, -0.2) is 0 Å². The smallest absolute Gasteiger partial charge is 0.181 e. The first kappa shape index (κ1) is 16.8. The number of hydrogen-bond acceptors (Lipinski definition) is 5. The van der Waals surface area contributed by atoms with E-state index >= 15 is 0 Å². The average molecular weight is 303 g/mol. The highest BCUT2D eigenvalue weighted by Gasteiger charge is 2.15. The monoisotopic (exact) mass is 303 g/mol. The van der Waals surface area contributed by atoms with Gasteiger partial charge in [0.1, 0.15) is 11.8 Å². The van der Waals surface area contributed by atoms with E-state index < -0.39 is 6.10 Å². The van der Waals surface area contributed by atoms with Gasteiger partial charge in [-0.1, -0.05) is 12.1 Å². The molecule has 5 nitrogen and oxygen atoms in total. The van der Waals surface area contributed by atoms with Crippen molar-refractivity contribution < 1.29 is 9.84 Å². The SMILES string of the molecule is CC(C#N)Oc1ccc(CNCC(O)CN2CCCC2)cc1. The Bertz CT molecular complexity index is 478. The average Bonchev–Trinajstić information content (AvgIpc) is 3.01. The molecule has 0 amide bonds. The minimum Gasteiger partial charge on any atom is -0.476 e. The van der Waals surface area contributed by atoms with Crippen LogP contribution in [0.3, 0.4) is 0 Å². The van der Waals surface area contributed by atoms with Crippen LogP contribution in [0.25, 0.3) is 0 Å². The highest BCUT2D eigenvalue weighted by atomic mass is 16.5. The van der Waals surface area contributed by atoms with Gasteiger partial charge in [0, 0.05) is 19.6 Å². The molecule has 2 unspecified atom stereocenters. The molecule has 1 aliphatic rings. The topological polar surface area (TPSA) is 68.5 Å². The summed E-state index contributed by atoms with van der Waals surface area (Å²) in [6.45, 7) is 6.01. The van der Waals surface area contributed by atoms with Crippen LogP contribution in [0.4, 0.5) is 0 Å². The van der Waals surface area contributed by atoms with Crippen molar-refractivity contribution in [3.05, 3.63) is 29.8 Å². The number of benzene rings is 1. The molecule has 1 aromatic carbocycles. The van der Waals surface area contributed by atoms with Crippen molar-refractivity contribution in [1.29, 1.82) is 5.26 Å². The molecule has 5 heteroatoms. The van der Waals surface area contributed by atoms with Gasteiger partial charge in [0.2, 0.25) is 0 Å². The van der Waals surface area contributed by atoms with Crippen LogP contribution in [0.15, 0.2) is 24.3 Å². The highest BCUT2D eigenvalue weighted by molar-refractivity contribution is 5.27. The molecule has 2 atom stereocenters. The maximum absolute atomic E-state index is 10.0. The summed E-state index contributed by atoms with van der Waals surface area (Å²) in [5.74, 6) is 0.701. The molecule has 0 spiro atoms. The van der Waals surface area contributed by atoms with E-state index in [1.54, 1.807) is 6.92 Å². The Kier molecular flexibility index (Phi) is 6.66. The van der Waals surface area contributed by atoms with Crippen LogP contribution in [-0.4, -0.2) is 48.4 Å². The lowest BCUT2D eigenvalue weighted by Gasteiger charge is -2.19. The van der Waals surface area contributed by atoms with Gasteiger partial charge < -0.3 is 20.1 Å². The first-order valence-corrected chi connectivity index (χ1v) is 7.93. The third kappa shape index (κ3) is 5.64. The normalized spacial score (nSPS) is 17.9. The van der Waals surface area contributed by atoms with E-state index in [0.29, 0.717) is 18.8 Å². The lowest BCUT2D eigenvalue weighted by molar-refractivity contribution is 0.123. The number of aliphatic hydroxyl groups is 1. The zero-order valence-electron chi connectivity index (χ0n) is 13.2. The van der Waals surface area contributed by atoms with Crippen molar-refractivity contribution in [1.82, 2.24) is 10.2 Å². The van der Waals surface area contributed by atoms with Crippen molar-refractivity contribution in [3.63, 3.8) is 0 Å². The van der Waals surface area contributed by atoms with Crippen LogP contribution < -0.4 is 10.1 Å². The van der Waals surface area contributed by atoms with E-state index in [9.17, 15) is 5.11 Å². The zero-order valence-corrected chi connectivity index (χ0v) is 13.2. The second-order valence-corrected chi connectivity index (χ2v) is 5.83. The summed E-state index contributed by atoms with van der Waals surface area (Å²) in [6.07, 6.45) is 1.74. The molecule has 0 aliphatic carbocycles. The molecule has 1 saturated heterocycles. The van der Waals surface area contributed by atoms with Crippen molar-refractivity contribution in [2.75, 3.05) is 26.2 Å². The molecule has 120 valence electrons. The van der Waals surface area contributed by atoms with Gasteiger partial charge >= 0.3 is 0 Å². The fourth-order valence-electron chi connectivity index (χ4n) is 2.63. The summed E-state index contributed by atoms with van der Waals surface area (Å²) >= 11 is 0. The van der Waals surface area contributed by atoms with Crippen molar-refractivity contribution in [3.8, 4) is 11.8 Å². The van der Waals surface area contributed by atoms with Gasteiger partial charge in [0.25, 0.3) is 0 Å². The van der Waals surface area contributed by atoms with E-state index in [-0.39, 0.29) is 6.10 Å². The fraction of sp³-hybridized carbons (Fsp3) is 0.588. The van der Waals surface area contributed by atoms with Crippen LogP contribution >= 0.6 is 0 Å². The van der Waals surface area contributed by atoms with Gasteiger partial charge in [-0.15, -0.1) is 0 Å². The Morgan fingerprint density at radius 1 is 1.32 bits per heavy atom. The number of hydrogen-bond donors (Lipinski definition) is 2. The van der Waals surface area contributed by atoms with Crippen molar-refractivity contribution >= 4 is 0 Å². The number of likely N-dealkylation sites (tertiary alicyclic amines) is 1. The lowest BCUT2D eigenvalue weighted by atomic mass is 10.2. The molecule has 0 aromatic heterocycles. The van der Waals surface area contributed by atoms with Gasteiger partial charge in [0.05, 0.1) is 6.10 Å². The third-order valence-corrected chi connectivity index (χ3v) is 3.79. The lowest BCUT2D eigenvalue weighted by Crippen LogP contribution is -2.36. The molecule has 2 N–H and O–H groups in total. The van der Waals surface area contributed by atoms with Crippen LogP contribution in [0.5, 0.6) is 5.75 Å². The molecule has 1 aliphatic heterocycles. The van der Waals surface area contributed by atoms with Crippen molar-refractivity contribution in [2.45, 2.75) is 38.5 Å². The Balaban J connectivity index is 1.67. The molecule has 1 aromatic rings. The van der Waals surface area contributed by atoms with Crippen LogP contribution in [0, 0.1) is 11.3 Å². The molecule has 0 radical (unpaired) electrons. The summed E-state index contributed by atoms with van der Waals surface area (Å²) in [6, 6.07) is 9.71. The summed E-state index contributed by atoms with van der Waals surface area (Å²) < 4.78 is 5.41. The molecule has 0 bridgehead atoms. The highest BCUT2D eigenvalue weighted by Crippen LogP contribution is 2.13. The quantitative estimate of drug-likeness (QED) is 0.762. The number of rotatable bonds is 8. The summed E-state index contributed by atoms with van der Waals surface area (Å²) in [5, 5.41) is 22.0. The van der Waals surface area contributed by atoms with E-state index in [2.05, 4.69) is 10.2 Å². The minimum atomic E-state index is -0.440. The number of nitrogens with one attached hydrogen (secondary N) is 1. The van der Waals surface area contributed by atoms with E-state index in [1.165, 1.54) is 12.8 Å². The predicted octanol–water partition coefficient (Wildman–Crippen LogP) is 1.52. The Labute approximate surface area is 132 Å². The largest absolute Gasteiger partial charge is 0.476 e. The fourth-order valence-corrected chi connectivity index (χ4v) is 2.63. The number of β-amino-alcohol motifs (C(OH)–C–C–N with tert-alkyl or cyclic N) is 1. The molecular weight excluding hydrogens is 278 g/mol. The predicted molar refractivity (Wildman–Crippen MR) is 85.5 cm³/mol. The van der Waals surface area contributed by atoms with Crippen LogP contribution in [0.2, 0.25) is 0 Å². The summed E-state index contributed by atoms with van der Waals surface area (Å²) in [5.41, 5.74) is 1.13. The van der Waals surface area contributed by atoms with Crippen LogP contribution in [0.1, 0.15) is 25.3 Å². The second-order valence-electron chi connectivity index (χ2n) is 5.83. The first-order chi connectivity index (χ1) is 10.7. The summed E-state index contributed by atoms with van der Waals surface area (Å²) in [7, 11) is 0. The second kappa shape index (κ2) is 8.74. The van der Waals surface area contributed by atoms with E-state index in [0.717, 1.165) is 25.2 Å². The number of nitrogens with zero attached hydrogens (tertiary/aromatic N) is 2. The Morgan fingerprint density at radius 2 is 2.00 bits per heavy atom. The van der Waals surface area contributed by atoms with Gasteiger partial charge in [-0.05, 0) is 50.6 Å². The van der Waals surface area contributed by atoms with Gasteiger partial charge in [-0.2, -0.15) is 5.26 Å². The molecular formula is C17H25N3O2. The van der Waals surface area contributed by atoms with E-state index in [4.69, 9.17) is 10.00 Å². The molecule has 2 rings (SSSR count).